The van der Waals surface area contributed by atoms with E-state index in [0.29, 0.717) is 17.6 Å². The first-order chi connectivity index (χ1) is 8.81. The summed E-state index contributed by atoms with van der Waals surface area (Å²) in [5.74, 6) is 1.86. The quantitative estimate of drug-likeness (QED) is 0.940. The molecule has 1 aliphatic rings. The normalized spacial score (nSPS) is 19.3. The molecule has 0 radical (unpaired) electrons. The van der Waals surface area contributed by atoms with Gasteiger partial charge < -0.3 is 9.84 Å². The largest absolute Gasteiger partial charge is 0.339 e. The fourth-order valence-electron chi connectivity index (χ4n) is 2.09. The van der Waals surface area contributed by atoms with Crippen LogP contribution in [0.1, 0.15) is 12.3 Å². The van der Waals surface area contributed by atoms with Crippen LogP contribution in [-0.4, -0.2) is 28.2 Å². The average molecular weight is 309 g/mol. The summed E-state index contributed by atoms with van der Waals surface area (Å²) in [6, 6.07) is 3.79. The van der Waals surface area contributed by atoms with Gasteiger partial charge >= 0.3 is 0 Å². The highest BCUT2D eigenvalue weighted by Gasteiger charge is 2.19. The third-order valence-corrected chi connectivity index (χ3v) is 3.52. The van der Waals surface area contributed by atoms with Crippen molar-refractivity contribution < 1.29 is 4.52 Å². The van der Waals surface area contributed by atoms with Crippen molar-refractivity contribution in [1.29, 1.82) is 0 Å². The molecule has 1 N–H and O–H groups in total. The monoisotopic (exact) mass is 308 g/mol. The van der Waals surface area contributed by atoms with Crippen molar-refractivity contribution in [3.8, 4) is 11.5 Å². The van der Waals surface area contributed by atoms with Crippen LogP contribution in [0.25, 0.3) is 11.5 Å². The highest BCUT2D eigenvalue weighted by Crippen LogP contribution is 2.18. The van der Waals surface area contributed by atoms with E-state index in [1.54, 1.807) is 6.20 Å². The molecule has 1 fully saturated rings. The number of rotatable bonds is 3. The number of hydrogen-bond acceptors (Lipinski definition) is 5. The summed E-state index contributed by atoms with van der Waals surface area (Å²) in [6.07, 6.45) is 3.75. The molecule has 0 amide bonds. The Balaban J connectivity index is 1.74. The van der Waals surface area contributed by atoms with Gasteiger partial charge in [-0.2, -0.15) is 4.98 Å². The van der Waals surface area contributed by atoms with Crippen molar-refractivity contribution in [1.82, 2.24) is 20.4 Å². The first-order valence-corrected chi connectivity index (χ1v) is 6.76. The summed E-state index contributed by atoms with van der Waals surface area (Å²) in [4.78, 5) is 8.64. The summed E-state index contributed by atoms with van der Waals surface area (Å²) in [5, 5.41) is 7.30. The van der Waals surface area contributed by atoms with Gasteiger partial charge in [-0.1, -0.05) is 5.16 Å². The Morgan fingerprint density at radius 1 is 1.44 bits per heavy atom. The number of nitrogens with one attached hydrogen (secondary N) is 1. The summed E-state index contributed by atoms with van der Waals surface area (Å²) in [7, 11) is 0. The van der Waals surface area contributed by atoms with Crippen LogP contribution in [0.2, 0.25) is 0 Å². The van der Waals surface area contributed by atoms with Gasteiger partial charge in [-0.05, 0) is 53.5 Å². The van der Waals surface area contributed by atoms with Crippen LogP contribution >= 0.6 is 15.9 Å². The highest BCUT2D eigenvalue weighted by molar-refractivity contribution is 9.10. The van der Waals surface area contributed by atoms with Gasteiger partial charge in [0, 0.05) is 17.1 Å². The van der Waals surface area contributed by atoms with Crippen molar-refractivity contribution in [2.45, 2.75) is 12.8 Å². The summed E-state index contributed by atoms with van der Waals surface area (Å²) in [5.41, 5.74) is 0.734. The Hall–Kier alpha value is -1.27. The van der Waals surface area contributed by atoms with Gasteiger partial charge in [0.05, 0.1) is 0 Å². The predicted molar refractivity (Wildman–Crippen MR) is 69.9 cm³/mol. The lowest BCUT2D eigenvalue weighted by atomic mass is 10.1. The maximum Gasteiger partial charge on any atom is 0.227 e. The third kappa shape index (κ3) is 2.59. The van der Waals surface area contributed by atoms with Crippen molar-refractivity contribution in [2.24, 2.45) is 5.92 Å². The van der Waals surface area contributed by atoms with Crippen molar-refractivity contribution >= 4 is 15.9 Å². The lowest BCUT2D eigenvalue weighted by molar-refractivity contribution is 0.358. The Kier molecular flexibility index (Phi) is 3.38. The molecule has 1 unspecified atom stereocenters. The zero-order chi connectivity index (χ0) is 12.4. The maximum atomic E-state index is 5.27. The first kappa shape index (κ1) is 11.8. The molecule has 94 valence electrons. The van der Waals surface area contributed by atoms with Crippen LogP contribution in [0.3, 0.4) is 0 Å². The van der Waals surface area contributed by atoms with E-state index >= 15 is 0 Å². The summed E-state index contributed by atoms with van der Waals surface area (Å²) >= 11 is 3.35. The molecule has 0 spiro atoms. The number of hydrogen-bond donors (Lipinski definition) is 1. The zero-order valence-electron chi connectivity index (χ0n) is 9.77. The molecule has 0 aliphatic carbocycles. The average Bonchev–Trinajstić information content (AvgIpc) is 3.02. The summed E-state index contributed by atoms with van der Waals surface area (Å²) in [6.45, 7) is 2.12. The van der Waals surface area contributed by atoms with Crippen molar-refractivity contribution in [3.63, 3.8) is 0 Å². The molecule has 1 aliphatic heterocycles. The van der Waals surface area contributed by atoms with E-state index in [1.165, 1.54) is 6.42 Å². The number of halogens is 1. The fourth-order valence-corrected chi connectivity index (χ4v) is 2.32. The van der Waals surface area contributed by atoms with Crippen LogP contribution in [0, 0.1) is 5.92 Å². The Labute approximate surface area is 113 Å². The lowest BCUT2D eigenvalue weighted by Gasteiger charge is -2.01. The Morgan fingerprint density at radius 2 is 2.39 bits per heavy atom. The molecule has 3 rings (SSSR count). The van der Waals surface area contributed by atoms with Crippen LogP contribution < -0.4 is 5.32 Å². The number of pyridine rings is 1. The topological polar surface area (TPSA) is 63.8 Å². The van der Waals surface area contributed by atoms with Gasteiger partial charge in [-0.15, -0.1) is 0 Å². The highest BCUT2D eigenvalue weighted by atomic mass is 79.9. The van der Waals surface area contributed by atoms with E-state index in [2.05, 4.69) is 36.4 Å². The van der Waals surface area contributed by atoms with Gasteiger partial charge in [0.1, 0.15) is 5.69 Å². The molecule has 0 aromatic carbocycles. The number of nitrogens with zero attached hydrogens (tertiary/aromatic N) is 3. The number of aromatic nitrogens is 3. The lowest BCUT2D eigenvalue weighted by Crippen LogP contribution is -2.10. The van der Waals surface area contributed by atoms with Crippen LogP contribution in [0.5, 0.6) is 0 Å². The molecule has 18 heavy (non-hydrogen) atoms. The molecule has 3 heterocycles. The molecule has 0 saturated carbocycles. The second-order valence-corrected chi connectivity index (χ2v) is 5.35. The van der Waals surface area contributed by atoms with E-state index in [-0.39, 0.29) is 0 Å². The Bertz CT molecular complexity index is 519. The van der Waals surface area contributed by atoms with Crippen molar-refractivity contribution in [3.05, 3.63) is 28.7 Å². The molecule has 1 saturated heterocycles. The molecular weight excluding hydrogens is 296 g/mol. The van der Waals surface area contributed by atoms with Crippen molar-refractivity contribution in [2.75, 3.05) is 13.1 Å². The molecular formula is C12H13BrN4O. The van der Waals surface area contributed by atoms with E-state index in [9.17, 15) is 0 Å². The second kappa shape index (κ2) is 5.16. The second-order valence-electron chi connectivity index (χ2n) is 4.44. The molecule has 0 bridgehead atoms. The predicted octanol–water partition coefficient (Wildman–Crippen LogP) is 2.05. The maximum absolute atomic E-state index is 5.27. The van der Waals surface area contributed by atoms with Crippen LogP contribution in [-0.2, 0) is 6.42 Å². The first-order valence-electron chi connectivity index (χ1n) is 5.96. The third-order valence-electron chi connectivity index (χ3n) is 3.05. The molecule has 5 nitrogen and oxygen atoms in total. The van der Waals surface area contributed by atoms with Gasteiger partial charge in [0.25, 0.3) is 0 Å². The SMILES string of the molecule is Brc1ccc(-c2noc(CC3CCNC3)n2)nc1. The zero-order valence-corrected chi connectivity index (χ0v) is 11.4. The van der Waals surface area contributed by atoms with E-state index in [0.717, 1.165) is 29.7 Å². The molecule has 2 aromatic heterocycles. The van der Waals surface area contributed by atoms with Gasteiger partial charge in [0.2, 0.25) is 11.7 Å². The molecule has 1 atom stereocenters. The van der Waals surface area contributed by atoms with Crippen LogP contribution in [0.4, 0.5) is 0 Å². The van der Waals surface area contributed by atoms with Gasteiger partial charge in [0.15, 0.2) is 0 Å². The van der Waals surface area contributed by atoms with Gasteiger partial charge in [-0.3, -0.25) is 4.98 Å². The standard InChI is InChI=1S/C12H13BrN4O/c13-9-1-2-10(15-7-9)12-16-11(18-17-12)5-8-3-4-14-6-8/h1-2,7-8,14H,3-6H2. The van der Waals surface area contributed by atoms with E-state index < -0.39 is 0 Å². The summed E-state index contributed by atoms with van der Waals surface area (Å²) < 4.78 is 6.21. The smallest absolute Gasteiger partial charge is 0.227 e. The van der Waals surface area contributed by atoms with Crippen LogP contribution in [0.15, 0.2) is 27.3 Å². The van der Waals surface area contributed by atoms with E-state index in [1.807, 2.05) is 12.1 Å². The minimum absolute atomic E-state index is 0.559. The minimum atomic E-state index is 0.559. The van der Waals surface area contributed by atoms with Gasteiger partial charge in [-0.25, -0.2) is 0 Å². The Morgan fingerprint density at radius 3 is 3.11 bits per heavy atom. The molecule has 6 heteroatoms. The molecule has 2 aromatic rings. The van der Waals surface area contributed by atoms with E-state index in [4.69, 9.17) is 4.52 Å². The minimum Gasteiger partial charge on any atom is -0.339 e. The fraction of sp³-hybridized carbons (Fsp3) is 0.417.